The summed E-state index contributed by atoms with van der Waals surface area (Å²) in [6.45, 7) is 7.59. The molecule has 0 radical (unpaired) electrons. The van der Waals surface area contributed by atoms with Gasteiger partial charge in [-0.1, -0.05) is 31.5 Å². The van der Waals surface area contributed by atoms with E-state index in [0.29, 0.717) is 5.02 Å². The second kappa shape index (κ2) is 8.11. The van der Waals surface area contributed by atoms with E-state index < -0.39 is 0 Å². The number of nitrogens with zero attached hydrogens (tertiary/aromatic N) is 1. The van der Waals surface area contributed by atoms with Gasteiger partial charge in [0.1, 0.15) is 5.82 Å². The highest BCUT2D eigenvalue weighted by molar-refractivity contribution is 6.31. The number of hydrogen-bond donors (Lipinski definition) is 1. The van der Waals surface area contributed by atoms with Crippen LogP contribution >= 0.6 is 11.6 Å². The molecule has 0 bridgehead atoms. The highest BCUT2D eigenvalue weighted by Crippen LogP contribution is 2.27. The summed E-state index contributed by atoms with van der Waals surface area (Å²) in [5.41, 5.74) is 1.01. The first-order valence-corrected chi connectivity index (χ1v) is 8.07. The molecule has 4 heteroatoms. The molecule has 0 saturated heterocycles. The zero-order chi connectivity index (χ0) is 16.0. The van der Waals surface area contributed by atoms with E-state index in [4.69, 9.17) is 11.6 Å². The molecule has 0 aliphatic heterocycles. The summed E-state index contributed by atoms with van der Waals surface area (Å²) in [6.07, 6.45) is 2.91. The van der Waals surface area contributed by atoms with Crippen molar-refractivity contribution in [2.45, 2.75) is 51.6 Å². The lowest BCUT2D eigenvalue weighted by Crippen LogP contribution is -2.58. The molecule has 1 rings (SSSR count). The maximum atomic E-state index is 13.2. The number of rotatable bonds is 8. The van der Waals surface area contributed by atoms with Crippen molar-refractivity contribution in [1.82, 2.24) is 10.2 Å². The third-order valence-corrected chi connectivity index (χ3v) is 4.92. The van der Waals surface area contributed by atoms with Crippen molar-refractivity contribution in [3.63, 3.8) is 0 Å². The molecule has 1 aromatic rings. The van der Waals surface area contributed by atoms with Crippen LogP contribution in [0.2, 0.25) is 5.02 Å². The molecule has 2 atom stereocenters. The van der Waals surface area contributed by atoms with E-state index in [9.17, 15) is 4.39 Å². The van der Waals surface area contributed by atoms with Crippen LogP contribution in [0, 0.1) is 5.82 Å². The Bertz CT molecular complexity index is 450. The molecule has 2 nitrogen and oxygen atoms in total. The Morgan fingerprint density at radius 1 is 1.33 bits per heavy atom. The van der Waals surface area contributed by atoms with Crippen LogP contribution in [-0.4, -0.2) is 37.1 Å². The standard InChI is InChI=1S/C17H28ClFN2/c1-6-10-20-16(17(3,7-2)21(4)5)11-13-8-9-14(19)12-15(13)18/h8-9,12,16,20H,6-7,10-11H2,1-5H3. The van der Waals surface area contributed by atoms with Gasteiger partial charge >= 0.3 is 0 Å². The molecular formula is C17H28ClFN2. The molecule has 0 saturated carbocycles. The topological polar surface area (TPSA) is 15.3 Å². The van der Waals surface area contributed by atoms with Crippen molar-refractivity contribution in [1.29, 1.82) is 0 Å². The second-order valence-electron chi connectivity index (χ2n) is 6.05. The molecule has 120 valence electrons. The van der Waals surface area contributed by atoms with Gasteiger partial charge in [-0.15, -0.1) is 0 Å². The zero-order valence-electron chi connectivity index (χ0n) is 13.8. The molecule has 1 N–H and O–H groups in total. The van der Waals surface area contributed by atoms with Crippen molar-refractivity contribution in [2.75, 3.05) is 20.6 Å². The average Bonchev–Trinajstić information content (AvgIpc) is 2.44. The average molecular weight is 315 g/mol. The fraction of sp³-hybridized carbons (Fsp3) is 0.647. The highest BCUT2D eigenvalue weighted by Gasteiger charge is 2.34. The Kier molecular flexibility index (Phi) is 7.11. The first-order chi connectivity index (χ1) is 9.85. The number of halogens is 2. The van der Waals surface area contributed by atoms with Crippen LogP contribution in [0.25, 0.3) is 0 Å². The van der Waals surface area contributed by atoms with Crippen LogP contribution in [0.1, 0.15) is 39.2 Å². The minimum Gasteiger partial charge on any atom is -0.312 e. The van der Waals surface area contributed by atoms with E-state index in [2.05, 4.69) is 45.1 Å². The smallest absolute Gasteiger partial charge is 0.124 e. The lowest BCUT2D eigenvalue weighted by Gasteiger charge is -2.43. The molecule has 0 aromatic heterocycles. The Hall–Kier alpha value is -0.640. The molecule has 0 aliphatic carbocycles. The normalized spacial score (nSPS) is 16.0. The molecule has 2 unspecified atom stereocenters. The quantitative estimate of drug-likeness (QED) is 0.776. The number of likely N-dealkylation sites (N-methyl/N-ethyl adjacent to an activating group) is 1. The van der Waals surface area contributed by atoms with Crippen LogP contribution in [0.15, 0.2) is 18.2 Å². The van der Waals surface area contributed by atoms with Crippen LogP contribution in [0.4, 0.5) is 4.39 Å². The number of hydrogen-bond acceptors (Lipinski definition) is 2. The van der Waals surface area contributed by atoms with Gasteiger partial charge in [0.2, 0.25) is 0 Å². The van der Waals surface area contributed by atoms with E-state index in [1.165, 1.54) is 12.1 Å². The van der Waals surface area contributed by atoms with E-state index >= 15 is 0 Å². The van der Waals surface area contributed by atoms with Crippen LogP contribution in [0.5, 0.6) is 0 Å². The highest BCUT2D eigenvalue weighted by atomic mass is 35.5. The summed E-state index contributed by atoms with van der Waals surface area (Å²) in [6, 6.07) is 4.94. The van der Waals surface area contributed by atoms with Gasteiger partial charge in [-0.2, -0.15) is 0 Å². The Balaban J connectivity index is 3.02. The second-order valence-corrected chi connectivity index (χ2v) is 6.46. The van der Waals surface area contributed by atoms with Gasteiger partial charge in [0.05, 0.1) is 0 Å². The van der Waals surface area contributed by atoms with E-state index in [1.54, 1.807) is 6.07 Å². The third kappa shape index (κ3) is 4.67. The Morgan fingerprint density at radius 3 is 2.48 bits per heavy atom. The summed E-state index contributed by atoms with van der Waals surface area (Å²) in [5, 5.41) is 4.15. The fourth-order valence-electron chi connectivity index (χ4n) is 2.61. The first kappa shape index (κ1) is 18.4. The van der Waals surface area contributed by atoms with Gasteiger partial charge in [-0.3, -0.25) is 0 Å². The first-order valence-electron chi connectivity index (χ1n) is 7.69. The summed E-state index contributed by atoms with van der Waals surface area (Å²) < 4.78 is 13.2. The largest absolute Gasteiger partial charge is 0.312 e. The predicted octanol–water partition coefficient (Wildman–Crippen LogP) is 4.12. The summed E-state index contributed by atoms with van der Waals surface area (Å²) >= 11 is 6.20. The predicted molar refractivity (Wildman–Crippen MR) is 89.6 cm³/mol. The number of benzene rings is 1. The lowest BCUT2D eigenvalue weighted by atomic mass is 9.84. The SMILES string of the molecule is CCCNC(Cc1ccc(F)cc1Cl)C(C)(CC)N(C)C. The van der Waals surface area contributed by atoms with Crippen molar-refractivity contribution < 1.29 is 4.39 Å². The van der Waals surface area contributed by atoms with E-state index in [-0.39, 0.29) is 17.4 Å². The lowest BCUT2D eigenvalue weighted by molar-refractivity contribution is 0.112. The van der Waals surface area contributed by atoms with Gasteiger partial charge in [0.25, 0.3) is 0 Å². The van der Waals surface area contributed by atoms with Crippen LogP contribution in [0.3, 0.4) is 0 Å². The fourth-order valence-corrected chi connectivity index (χ4v) is 2.86. The third-order valence-electron chi connectivity index (χ3n) is 4.57. The van der Waals surface area contributed by atoms with Gasteiger partial charge in [0, 0.05) is 16.6 Å². The Labute approximate surface area is 133 Å². The molecule has 0 amide bonds. The van der Waals surface area contributed by atoms with Crippen LogP contribution < -0.4 is 5.32 Å². The number of nitrogens with one attached hydrogen (secondary N) is 1. The van der Waals surface area contributed by atoms with Gasteiger partial charge < -0.3 is 10.2 Å². The maximum absolute atomic E-state index is 13.2. The van der Waals surface area contributed by atoms with Crippen molar-refractivity contribution in [3.05, 3.63) is 34.6 Å². The molecule has 1 aromatic carbocycles. The molecule has 21 heavy (non-hydrogen) atoms. The maximum Gasteiger partial charge on any atom is 0.124 e. The van der Waals surface area contributed by atoms with Gasteiger partial charge in [-0.25, -0.2) is 4.39 Å². The van der Waals surface area contributed by atoms with E-state index in [0.717, 1.165) is 31.4 Å². The molecule has 0 heterocycles. The summed E-state index contributed by atoms with van der Waals surface area (Å²) in [4.78, 5) is 2.26. The molecule has 0 aliphatic rings. The monoisotopic (exact) mass is 314 g/mol. The summed E-state index contributed by atoms with van der Waals surface area (Å²) in [5.74, 6) is -0.285. The van der Waals surface area contributed by atoms with Gasteiger partial charge in [-0.05, 0) is 64.5 Å². The van der Waals surface area contributed by atoms with Crippen molar-refractivity contribution >= 4 is 11.6 Å². The molecule has 0 fully saturated rings. The van der Waals surface area contributed by atoms with E-state index in [1.807, 2.05) is 0 Å². The molecular weight excluding hydrogens is 287 g/mol. The summed E-state index contributed by atoms with van der Waals surface area (Å²) in [7, 11) is 4.22. The van der Waals surface area contributed by atoms with Gasteiger partial charge in [0.15, 0.2) is 0 Å². The zero-order valence-corrected chi connectivity index (χ0v) is 14.6. The molecule has 0 spiro atoms. The Morgan fingerprint density at radius 2 is 2.00 bits per heavy atom. The minimum absolute atomic E-state index is 0.0207. The van der Waals surface area contributed by atoms with Crippen LogP contribution in [-0.2, 0) is 6.42 Å². The minimum atomic E-state index is -0.285. The van der Waals surface area contributed by atoms with Crippen molar-refractivity contribution in [2.24, 2.45) is 0 Å². The van der Waals surface area contributed by atoms with Crippen molar-refractivity contribution in [3.8, 4) is 0 Å².